The number of alkyl halides is 2. The lowest BCUT2D eigenvalue weighted by molar-refractivity contribution is 0.280. The normalized spacial score (nSPS) is 32.0. The Balaban J connectivity index is 3.14. The standard InChI is InChI=1S/C9H14Br2ClO3P/c1-9(11)5-7(6(12)4-8(9)10)16(13,14-2)15-3/h8H,4-5H2,1-3H3. The van der Waals surface area contributed by atoms with Gasteiger partial charge < -0.3 is 9.05 Å². The van der Waals surface area contributed by atoms with Crippen LogP contribution in [0.2, 0.25) is 0 Å². The molecule has 3 nitrogen and oxygen atoms in total. The van der Waals surface area contributed by atoms with E-state index in [2.05, 4.69) is 31.9 Å². The van der Waals surface area contributed by atoms with E-state index in [4.69, 9.17) is 20.6 Å². The van der Waals surface area contributed by atoms with Gasteiger partial charge in [-0.25, -0.2) is 0 Å². The Kier molecular flexibility index (Phi) is 5.14. The fourth-order valence-electron chi connectivity index (χ4n) is 1.56. The molecule has 0 radical (unpaired) electrons. The van der Waals surface area contributed by atoms with Gasteiger partial charge in [-0.1, -0.05) is 43.5 Å². The van der Waals surface area contributed by atoms with Gasteiger partial charge in [0.2, 0.25) is 0 Å². The molecule has 0 aromatic rings. The van der Waals surface area contributed by atoms with Crippen LogP contribution in [0.1, 0.15) is 19.8 Å². The van der Waals surface area contributed by atoms with Crippen molar-refractivity contribution in [3.05, 3.63) is 10.3 Å². The van der Waals surface area contributed by atoms with Gasteiger partial charge in [0, 0.05) is 28.4 Å². The van der Waals surface area contributed by atoms with Crippen LogP contribution in [0, 0.1) is 0 Å². The molecule has 0 bridgehead atoms. The smallest absolute Gasteiger partial charge is 0.309 e. The zero-order chi connectivity index (χ0) is 12.6. The van der Waals surface area contributed by atoms with Crippen molar-refractivity contribution >= 4 is 51.1 Å². The maximum absolute atomic E-state index is 12.3. The SMILES string of the molecule is COP(=O)(OC)C1=C(Cl)CC(Br)C(C)(Br)C1. The highest BCUT2D eigenvalue weighted by atomic mass is 79.9. The number of rotatable bonds is 3. The molecule has 0 heterocycles. The number of hydrogen-bond acceptors (Lipinski definition) is 3. The Morgan fingerprint density at radius 2 is 2.00 bits per heavy atom. The molecule has 0 fully saturated rings. The van der Waals surface area contributed by atoms with E-state index >= 15 is 0 Å². The number of halogens is 3. The zero-order valence-corrected chi connectivity index (χ0v) is 14.1. The monoisotopic (exact) mass is 394 g/mol. The van der Waals surface area contributed by atoms with Crippen LogP contribution in [0.5, 0.6) is 0 Å². The molecule has 2 unspecified atom stereocenters. The molecule has 0 spiro atoms. The van der Waals surface area contributed by atoms with E-state index in [0.717, 1.165) is 0 Å². The summed E-state index contributed by atoms with van der Waals surface area (Å²) in [6.07, 6.45) is 1.13. The summed E-state index contributed by atoms with van der Waals surface area (Å²) in [5.41, 5.74) is 0. The molecular weight excluding hydrogens is 382 g/mol. The van der Waals surface area contributed by atoms with Gasteiger partial charge in [0.1, 0.15) is 0 Å². The van der Waals surface area contributed by atoms with Crippen LogP contribution < -0.4 is 0 Å². The van der Waals surface area contributed by atoms with Gasteiger partial charge in [-0.15, -0.1) is 0 Å². The van der Waals surface area contributed by atoms with Crippen molar-refractivity contribution in [2.75, 3.05) is 14.2 Å². The van der Waals surface area contributed by atoms with Gasteiger partial charge in [-0.05, 0) is 19.8 Å². The average molecular weight is 396 g/mol. The Labute approximate surface area is 118 Å². The highest BCUT2D eigenvalue weighted by molar-refractivity contribution is 9.12. The average Bonchev–Trinajstić information content (AvgIpc) is 2.23. The fraction of sp³-hybridized carbons (Fsp3) is 0.778. The quantitative estimate of drug-likeness (QED) is 0.515. The third-order valence-electron chi connectivity index (χ3n) is 2.65. The minimum atomic E-state index is -3.22. The molecule has 1 rings (SSSR count). The van der Waals surface area contributed by atoms with E-state index in [1.165, 1.54) is 14.2 Å². The lowest BCUT2D eigenvalue weighted by atomic mass is 9.95. The highest BCUT2D eigenvalue weighted by Gasteiger charge is 2.43. The predicted molar refractivity (Wildman–Crippen MR) is 73.8 cm³/mol. The molecule has 16 heavy (non-hydrogen) atoms. The molecule has 0 amide bonds. The summed E-state index contributed by atoms with van der Waals surface area (Å²) in [6.45, 7) is 2.02. The molecule has 7 heteroatoms. The van der Waals surface area contributed by atoms with Crippen molar-refractivity contribution in [3.8, 4) is 0 Å². The van der Waals surface area contributed by atoms with E-state index in [0.29, 0.717) is 23.2 Å². The molecule has 0 aromatic carbocycles. The Bertz CT molecular complexity index is 349. The van der Waals surface area contributed by atoms with Gasteiger partial charge in [0.15, 0.2) is 0 Å². The third-order valence-corrected chi connectivity index (χ3v) is 8.00. The van der Waals surface area contributed by atoms with Crippen molar-refractivity contribution in [2.45, 2.75) is 28.9 Å². The minimum Gasteiger partial charge on any atom is -0.309 e. The molecule has 0 saturated carbocycles. The summed E-state index contributed by atoms with van der Waals surface area (Å²) in [6, 6.07) is 0. The molecule has 2 atom stereocenters. The van der Waals surface area contributed by atoms with Crippen LogP contribution in [0.4, 0.5) is 0 Å². The highest BCUT2D eigenvalue weighted by Crippen LogP contribution is 2.62. The van der Waals surface area contributed by atoms with Crippen LogP contribution in [0.15, 0.2) is 10.3 Å². The van der Waals surface area contributed by atoms with Crippen molar-refractivity contribution in [2.24, 2.45) is 0 Å². The first-order chi connectivity index (χ1) is 7.27. The lowest BCUT2D eigenvalue weighted by Gasteiger charge is -2.35. The molecule has 0 N–H and O–H groups in total. The number of allylic oxidation sites excluding steroid dienone is 2. The summed E-state index contributed by atoms with van der Waals surface area (Å²) in [5.74, 6) is 0. The van der Waals surface area contributed by atoms with E-state index in [-0.39, 0.29) is 9.15 Å². The van der Waals surface area contributed by atoms with E-state index in [9.17, 15) is 4.57 Å². The Hall–Kier alpha value is 1.14. The summed E-state index contributed by atoms with van der Waals surface area (Å²) >= 11 is 13.3. The second kappa shape index (κ2) is 5.41. The molecule has 0 saturated heterocycles. The maximum Gasteiger partial charge on any atom is 0.358 e. The van der Waals surface area contributed by atoms with Crippen molar-refractivity contribution in [1.82, 2.24) is 0 Å². The van der Waals surface area contributed by atoms with E-state index < -0.39 is 7.60 Å². The molecule has 94 valence electrons. The van der Waals surface area contributed by atoms with Crippen molar-refractivity contribution in [1.29, 1.82) is 0 Å². The van der Waals surface area contributed by atoms with Gasteiger partial charge in [0.05, 0.1) is 5.31 Å². The first-order valence-corrected chi connectivity index (χ1v) is 8.32. The molecule has 1 aliphatic carbocycles. The van der Waals surface area contributed by atoms with Gasteiger partial charge in [-0.3, -0.25) is 4.57 Å². The van der Waals surface area contributed by atoms with E-state index in [1.807, 2.05) is 6.92 Å². The van der Waals surface area contributed by atoms with Gasteiger partial charge in [0.25, 0.3) is 0 Å². The summed E-state index contributed by atoms with van der Waals surface area (Å²) < 4.78 is 22.0. The second-order valence-corrected chi connectivity index (χ2v) is 9.48. The lowest BCUT2D eigenvalue weighted by Crippen LogP contribution is -2.32. The minimum absolute atomic E-state index is 0.193. The third kappa shape index (κ3) is 2.93. The maximum atomic E-state index is 12.3. The number of hydrogen-bond donors (Lipinski definition) is 0. The molecular formula is C9H14Br2ClO3P. The first-order valence-electron chi connectivity index (χ1n) is 4.69. The van der Waals surface area contributed by atoms with Crippen LogP contribution in [0.25, 0.3) is 0 Å². The Morgan fingerprint density at radius 1 is 1.50 bits per heavy atom. The molecule has 0 aliphatic heterocycles. The predicted octanol–water partition coefficient (Wildman–Crippen LogP) is 4.63. The largest absolute Gasteiger partial charge is 0.358 e. The summed E-state index contributed by atoms with van der Waals surface area (Å²) in [7, 11) is -0.486. The van der Waals surface area contributed by atoms with Gasteiger partial charge >= 0.3 is 7.60 Å². The summed E-state index contributed by atoms with van der Waals surface area (Å²) in [5, 5.41) is 1.13. The zero-order valence-electron chi connectivity index (χ0n) is 9.30. The Morgan fingerprint density at radius 3 is 2.44 bits per heavy atom. The van der Waals surface area contributed by atoms with Crippen LogP contribution in [0.3, 0.4) is 0 Å². The van der Waals surface area contributed by atoms with E-state index in [1.54, 1.807) is 0 Å². The van der Waals surface area contributed by atoms with Crippen LogP contribution >= 0.6 is 51.1 Å². The van der Waals surface area contributed by atoms with Crippen LogP contribution in [-0.4, -0.2) is 23.4 Å². The topological polar surface area (TPSA) is 35.5 Å². The molecule has 0 aromatic heterocycles. The van der Waals surface area contributed by atoms with Crippen molar-refractivity contribution < 1.29 is 13.6 Å². The second-order valence-electron chi connectivity index (χ2n) is 3.84. The molecule has 1 aliphatic rings. The first kappa shape index (κ1) is 15.2. The van der Waals surface area contributed by atoms with Crippen molar-refractivity contribution in [3.63, 3.8) is 0 Å². The van der Waals surface area contributed by atoms with Crippen LogP contribution in [-0.2, 0) is 13.6 Å². The summed E-state index contributed by atoms with van der Waals surface area (Å²) in [4.78, 5) is 0.193. The fourth-order valence-corrected chi connectivity index (χ4v) is 4.93. The van der Waals surface area contributed by atoms with Gasteiger partial charge in [-0.2, -0.15) is 0 Å².